The molecule has 0 aliphatic carbocycles. The fraction of sp³-hybridized carbons (Fsp3) is 0.263. The lowest BCUT2D eigenvalue weighted by Crippen LogP contribution is -2.36. The highest BCUT2D eigenvalue weighted by Gasteiger charge is 2.38. The van der Waals surface area contributed by atoms with Crippen LogP contribution in [-0.4, -0.2) is 45.8 Å². The van der Waals surface area contributed by atoms with Gasteiger partial charge in [-0.15, -0.1) is 10.2 Å². The van der Waals surface area contributed by atoms with Crippen molar-refractivity contribution < 1.29 is 9.59 Å². The van der Waals surface area contributed by atoms with Crippen molar-refractivity contribution in [2.75, 3.05) is 16.3 Å². The van der Waals surface area contributed by atoms with E-state index in [2.05, 4.69) is 20.2 Å². The highest BCUT2D eigenvalue weighted by atomic mass is 16.2. The quantitative estimate of drug-likeness (QED) is 0.779. The molecule has 0 saturated heterocycles. The monoisotopic (exact) mass is 362 g/mol. The number of hydrogen-bond acceptors (Lipinski definition) is 6. The molecule has 0 N–H and O–H groups in total. The van der Waals surface area contributed by atoms with Crippen LogP contribution in [0, 0.1) is 0 Å². The molecule has 27 heavy (non-hydrogen) atoms. The molecule has 0 fully saturated rings. The lowest BCUT2D eigenvalue weighted by molar-refractivity contribution is -0.113. The van der Waals surface area contributed by atoms with Gasteiger partial charge in [0.1, 0.15) is 11.5 Å². The lowest BCUT2D eigenvalue weighted by Gasteiger charge is -2.19. The van der Waals surface area contributed by atoms with E-state index in [-0.39, 0.29) is 29.3 Å². The molecule has 2 aliphatic rings. The zero-order valence-corrected chi connectivity index (χ0v) is 15.2. The number of carbonyl (C=O) groups excluding carboxylic acids is 2. The number of hydrogen-bond donors (Lipinski definition) is 0. The molecule has 4 heterocycles. The minimum atomic E-state index is -0.276. The Kier molecular flexibility index (Phi) is 4.02. The Morgan fingerprint density at radius 3 is 2.44 bits per heavy atom. The van der Waals surface area contributed by atoms with Crippen LogP contribution in [-0.2, 0) is 9.59 Å². The second-order valence-corrected chi connectivity index (χ2v) is 6.46. The van der Waals surface area contributed by atoms with Gasteiger partial charge in [0.05, 0.1) is 11.3 Å². The van der Waals surface area contributed by atoms with Crippen LogP contribution < -0.4 is 9.80 Å². The van der Waals surface area contributed by atoms with Gasteiger partial charge < -0.3 is 4.90 Å². The first-order valence-corrected chi connectivity index (χ1v) is 8.76. The second kappa shape index (κ2) is 6.39. The van der Waals surface area contributed by atoms with Crippen LogP contribution in [0.2, 0.25) is 0 Å². The summed E-state index contributed by atoms with van der Waals surface area (Å²) in [7, 11) is 0. The summed E-state index contributed by atoms with van der Waals surface area (Å²) in [5, 5.41) is 8.31. The zero-order chi connectivity index (χ0) is 19.1. The molecule has 0 saturated carbocycles. The van der Waals surface area contributed by atoms with Gasteiger partial charge in [-0.3, -0.25) is 19.5 Å². The fourth-order valence-corrected chi connectivity index (χ4v) is 3.31. The average molecular weight is 362 g/mol. The van der Waals surface area contributed by atoms with Gasteiger partial charge in [0.2, 0.25) is 0 Å². The Balaban J connectivity index is 1.81. The number of nitrogens with zero attached hydrogens (tertiary/aromatic N) is 6. The first kappa shape index (κ1) is 17.0. The van der Waals surface area contributed by atoms with Crippen molar-refractivity contribution in [3.05, 3.63) is 47.9 Å². The average Bonchev–Trinajstić information content (AvgIpc) is 3.10. The fourth-order valence-electron chi connectivity index (χ4n) is 3.31. The number of rotatable bonds is 3. The van der Waals surface area contributed by atoms with Crippen molar-refractivity contribution in [3.63, 3.8) is 0 Å². The molecular weight excluding hydrogens is 344 g/mol. The van der Waals surface area contributed by atoms with Gasteiger partial charge in [-0.2, -0.15) is 0 Å². The molecule has 8 heteroatoms. The Morgan fingerprint density at radius 1 is 1.00 bits per heavy atom. The van der Waals surface area contributed by atoms with Gasteiger partial charge >= 0.3 is 0 Å². The van der Waals surface area contributed by atoms with Crippen LogP contribution in [0.1, 0.15) is 32.0 Å². The van der Waals surface area contributed by atoms with E-state index in [0.29, 0.717) is 29.3 Å². The summed E-state index contributed by atoms with van der Waals surface area (Å²) in [5.41, 5.74) is 2.11. The predicted octanol–water partition coefficient (Wildman–Crippen LogP) is 1.79. The van der Waals surface area contributed by atoms with E-state index in [1.165, 1.54) is 0 Å². The molecule has 0 spiro atoms. The maximum Gasteiger partial charge on any atom is 0.281 e. The van der Waals surface area contributed by atoms with Crippen molar-refractivity contribution >= 4 is 34.7 Å². The number of fused-ring (bicyclic) bond motifs is 2. The summed E-state index contributed by atoms with van der Waals surface area (Å²) in [6.07, 6.45) is 3.24. The molecule has 0 bridgehead atoms. The highest BCUT2D eigenvalue weighted by Crippen LogP contribution is 2.30. The predicted molar refractivity (Wildman–Crippen MR) is 102 cm³/mol. The van der Waals surface area contributed by atoms with E-state index in [4.69, 9.17) is 0 Å². The van der Waals surface area contributed by atoms with Gasteiger partial charge in [0.15, 0.2) is 11.4 Å². The maximum absolute atomic E-state index is 12.8. The van der Waals surface area contributed by atoms with Crippen molar-refractivity contribution in [2.24, 2.45) is 10.2 Å². The number of anilines is 2. The standard InChI is InChI=1S/C19H18N6O2/c1-4-24-13-8-6-9-20-15(13)16(18(24)26)23-22-14-12-7-5-10-21-17(12)25(11(2)3)19(14)27/h5-11H,4H2,1-3H3/b22-14+,23-16-. The first-order valence-electron chi connectivity index (χ1n) is 8.76. The minimum Gasteiger partial charge on any atom is -0.305 e. The van der Waals surface area contributed by atoms with Crippen LogP contribution in [0.4, 0.5) is 11.5 Å². The number of likely N-dealkylation sites (N-methyl/N-ethyl adjacent to an activating group) is 1. The third-order valence-corrected chi connectivity index (χ3v) is 4.52. The van der Waals surface area contributed by atoms with Gasteiger partial charge in [-0.1, -0.05) is 0 Å². The molecule has 0 atom stereocenters. The summed E-state index contributed by atoms with van der Waals surface area (Å²) >= 11 is 0. The van der Waals surface area contributed by atoms with Crippen LogP contribution in [0.15, 0.2) is 46.9 Å². The van der Waals surface area contributed by atoms with Gasteiger partial charge in [0.25, 0.3) is 11.8 Å². The largest absolute Gasteiger partial charge is 0.305 e. The third-order valence-electron chi connectivity index (χ3n) is 4.52. The SMILES string of the molecule is CCN1C(=O)/C(=N\N=C2\C(=O)N(C(C)C)c3ncccc32)c2ncccc21. The molecule has 0 aromatic carbocycles. The van der Waals surface area contributed by atoms with Crippen molar-refractivity contribution in [1.82, 2.24) is 9.97 Å². The van der Waals surface area contributed by atoms with Gasteiger partial charge in [-0.05, 0) is 45.0 Å². The first-order chi connectivity index (χ1) is 13.0. The van der Waals surface area contributed by atoms with Crippen LogP contribution in [0.5, 0.6) is 0 Å². The van der Waals surface area contributed by atoms with Crippen molar-refractivity contribution in [1.29, 1.82) is 0 Å². The van der Waals surface area contributed by atoms with Gasteiger partial charge in [0, 0.05) is 25.0 Å². The van der Waals surface area contributed by atoms with E-state index in [1.807, 2.05) is 26.8 Å². The molecule has 2 aliphatic heterocycles. The number of amides is 2. The Hall–Kier alpha value is -3.42. The molecule has 2 aromatic heterocycles. The van der Waals surface area contributed by atoms with Crippen molar-refractivity contribution in [2.45, 2.75) is 26.8 Å². The Morgan fingerprint density at radius 2 is 1.70 bits per heavy atom. The smallest absolute Gasteiger partial charge is 0.281 e. The van der Waals surface area contributed by atoms with E-state index >= 15 is 0 Å². The highest BCUT2D eigenvalue weighted by molar-refractivity contribution is 6.55. The molecule has 8 nitrogen and oxygen atoms in total. The van der Waals surface area contributed by atoms with E-state index in [9.17, 15) is 9.59 Å². The normalized spacial score (nSPS) is 18.8. The Labute approximate surface area is 156 Å². The van der Waals surface area contributed by atoms with E-state index in [0.717, 1.165) is 0 Å². The molecular formula is C19H18N6O2. The second-order valence-electron chi connectivity index (χ2n) is 6.46. The summed E-state index contributed by atoms with van der Waals surface area (Å²) < 4.78 is 0. The maximum atomic E-state index is 12.8. The molecule has 4 rings (SSSR count). The summed E-state index contributed by atoms with van der Waals surface area (Å²) in [5.74, 6) is 0.0121. The summed E-state index contributed by atoms with van der Waals surface area (Å²) in [4.78, 5) is 37.3. The van der Waals surface area contributed by atoms with E-state index in [1.54, 1.807) is 40.4 Å². The van der Waals surface area contributed by atoms with Gasteiger partial charge in [-0.25, -0.2) is 4.98 Å². The van der Waals surface area contributed by atoms with E-state index < -0.39 is 0 Å². The lowest BCUT2D eigenvalue weighted by atomic mass is 10.2. The van der Waals surface area contributed by atoms with Crippen LogP contribution >= 0.6 is 0 Å². The Bertz CT molecular complexity index is 1010. The summed E-state index contributed by atoms with van der Waals surface area (Å²) in [6, 6.07) is 7.04. The minimum absolute atomic E-state index is 0.0717. The molecule has 0 radical (unpaired) electrons. The third kappa shape index (κ3) is 2.52. The van der Waals surface area contributed by atoms with Crippen LogP contribution in [0.25, 0.3) is 0 Å². The molecule has 2 aromatic rings. The molecule has 0 unspecified atom stereocenters. The summed E-state index contributed by atoms with van der Waals surface area (Å²) in [6.45, 7) is 6.20. The number of pyridine rings is 2. The number of carbonyl (C=O) groups is 2. The van der Waals surface area contributed by atoms with Crippen molar-refractivity contribution in [3.8, 4) is 0 Å². The topological polar surface area (TPSA) is 91.1 Å². The zero-order valence-electron chi connectivity index (χ0n) is 15.2. The number of aromatic nitrogens is 2. The van der Waals surface area contributed by atoms with Crippen LogP contribution in [0.3, 0.4) is 0 Å². The molecule has 2 amide bonds. The molecule has 136 valence electrons.